The van der Waals surface area contributed by atoms with E-state index in [-0.39, 0.29) is 11.6 Å². The first-order chi connectivity index (χ1) is 21.2. The van der Waals surface area contributed by atoms with E-state index in [0.717, 1.165) is 54.1 Å². The number of aryl methyl sites for hydroxylation is 1. The van der Waals surface area contributed by atoms with Gasteiger partial charge >= 0.3 is 0 Å². The van der Waals surface area contributed by atoms with Gasteiger partial charge < -0.3 is 15.1 Å². The van der Waals surface area contributed by atoms with E-state index in [9.17, 15) is 9.59 Å². The van der Waals surface area contributed by atoms with E-state index >= 15 is 8.78 Å². The molecule has 2 aromatic carbocycles. The van der Waals surface area contributed by atoms with E-state index in [2.05, 4.69) is 22.0 Å². The number of amides is 1. The Balaban J connectivity index is 1.49. The van der Waals surface area contributed by atoms with Gasteiger partial charge in [-0.1, -0.05) is 19.1 Å². The van der Waals surface area contributed by atoms with Gasteiger partial charge in [0.2, 0.25) is 5.95 Å². The number of halogens is 2. The fourth-order valence-corrected chi connectivity index (χ4v) is 6.47. The van der Waals surface area contributed by atoms with Gasteiger partial charge in [-0.05, 0) is 94.4 Å². The third-order valence-electron chi connectivity index (χ3n) is 9.07. The zero-order chi connectivity index (χ0) is 31.0. The fraction of sp³-hybridized carbons (Fsp3) is 0.412. The summed E-state index contributed by atoms with van der Waals surface area (Å²) in [6.07, 6.45) is 4.33. The molecule has 0 aliphatic carbocycles. The predicted octanol–water partition coefficient (Wildman–Crippen LogP) is 5.48. The second kappa shape index (κ2) is 12.4. The number of likely N-dealkylation sites (tertiary alicyclic amines) is 1. The van der Waals surface area contributed by atoms with Gasteiger partial charge in [-0.3, -0.25) is 14.2 Å². The summed E-state index contributed by atoms with van der Waals surface area (Å²) in [5, 5.41) is 3.28. The number of aromatic nitrogens is 3. The number of fused-ring (bicyclic) bond motifs is 1. The van der Waals surface area contributed by atoms with Crippen LogP contribution in [0.25, 0.3) is 28.0 Å². The maximum atomic E-state index is 15.1. The number of benzene rings is 2. The van der Waals surface area contributed by atoms with E-state index in [4.69, 9.17) is 9.97 Å². The summed E-state index contributed by atoms with van der Waals surface area (Å²) in [4.78, 5) is 40.6. The molecule has 0 saturated carbocycles. The molecule has 0 bridgehead atoms. The summed E-state index contributed by atoms with van der Waals surface area (Å²) >= 11 is 0. The lowest BCUT2D eigenvalue weighted by atomic mass is 9.95. The highest BCUT2D eigenvalue weighted by molar-refractivity contribution is 5.98. The average Bonchev–Trinajstić information content (AvgIpc) is 3.02. The van der Waals surface area contributed by atoms with Gasteiger partial charge in [-0.25, -0.2) is 13.8 Å². The Morgan fingerprint density at radius 2 is 1.66 bits per heavy atom. The molecule has 2 aliphatic heterocycles. The number of piperidine rings is 2. The Morgan fingerprint density at radius 1 is 0.955 bits per heavy atom. The second-order valence-corrected chi connectivity index (χ2v) is 12.0. The first-order valence-corrected chi connectivity index (χ1v) is 15.5. The van der Waals surface area contributed by atoms with Gasteiger partial charge in [0.1, 0.15) is 17.3 Å². The highest BCUT2D eigenvalue weighted by atomic mass is 19.1. The number of hydrogen-bond acceptors (Lipinski definition) is 6. The third kappa shape index (κ3) is 5.70. The summed E-state index contributed by atoms with van der Waals surface area (Å²) in [7, 11) is 0. The zero-order valence-corrected chi connectivity index (χ0v) is 25.4. The monoisotopic (exact) mass is 600 g/mol. The molecule has 1 amide bonds. The van der Waals surface area contributed by atoms with E-state index in [1.165, 1.54) is 25.0 Å². The molecule has 1 N–H and O–H groups in total. The quantitative estimate of drug-likeness (QED) is 0.316. The number of anilines is 1. The lowest BCUT2D eigenvalue weighted by Crippen LogP contribution is -2.48. The van der Waals surface area contributed by atoms with Crippen LogP contribution in [0.2, 0.25) is 0 Å². The van der Waals surface area contributed by atoms with Crippen molar-refractivity contribution in [3.05, 3.63) is 81.6 Å². The average molecular weight is 601 g/mol. The molecule has 44 heavy (non-hydrogen) atoms. The number of para-hydroxylation sites is 1. The fourth-order valence-electron chi connectivity index (χ4n) is 6.47. The van der Waals surface area contributed by atoms with Crippen molar-refractivity contribution in [3.8, 4) is 16.9 Å². The predicted molar refractivity (Wildman–Crippen MR) is 168 cm³/mol. The third-order valence-corrected chi connectivity index (χ3v) is 9.07. The van der Waals surface area contributed by atoms with E-state index in [1.807, 2.05) is 19.9 Å². The van der Waals surface area contributed by atoms with Crippen molar-refractivity contribution in [2.75, 3.05) is 37.6 Å². The molecule has 0 atom stereocenters. The molecule has 10 heteroatoms. The van der Waals surface area contributed by atoms with Gasteiger partial charge in [0.25, 0.3) is 11.5 Å². The highest BCUT2D eigenvalue weighted by Gasteiger charge is 2.29. The topological polar surface area (TPSA) is 83.4 Å². The Labute approximate surface area is 255 Å². The Hall–Kier alpha value is -4.18. The van der Waals surface area contributed by atoms with Crippen molar-refractivity contribution in [1.29, 1.82) is 0 Å². The first-order valence-electron chi connectivity index (χ1n) is 15.5. The van der Waals surface area contributed by atoms with Gasteiger partial charge in [-0.2, -0.15) is 4.98 Å². The molecule has 6 rings (SSSR count). The van der Waals surface area contributed by atoms with E-state index in [1.54, 1.807) is 18.2 Å². The van der Waals surface area contributed by atoms with Crippen LogP contribution in [0.1, 0.15) is 55.5 Å². The Morgan fingerprint density at radius 3 is 2.34 bits per heavy atom. The van der Waals surface area contributed by atoms with Crippen LogP contribution >= 0.6 is 0 Å². The summed E-state index contributed by atoms with van der Waals surface area (Å²) in [6, 6.07) is 12.2. The van der Waals surface area contributed by atoms with Gasteiger partial charge in [0, 0.05) is 48.3 Å². The van der Waals surface area contributed by atoms with Gasteiger partial charge in [0.15, 0.2) is 5.65 Å². The lowest BCUT2D eigenvalue weighted by molar-refractivity contribution is 0.0956. The lowest BCUT2D eigenvalue weighted by Gasteiger charge is -2.41. The summed E-state index contributed by atoms with van der Waals surface area (Å²) in [5.74, 6) is -0.800. The maximum absolute atomic E-state index is 15.1. The Bertz CT molecular complexity index is 1740. The molecular formula is C34H38F2N6O2. The van der Waals surface area contributed by atoms with Crippen molar-refractivity contribution >= 4 is 22.9 Å². The van der Waals surface area contributed by atoms with Gasteiger partial charge in [0.05, 0.1) is 5.69 Å². The molecule has 8 nitrogen and oxygen atoms in total. The number of hydrogen-bond donors (Lipinski definition) is 1. The minimum Gasteiger partial charge on any atom is -0.352 e. The van der Waals surface area contributed by atoms with Crippen molar-refractivity contribution in [2.24, 2.45) is 5.92 Å². The van der Waals surface area contributed by atoms with Crippen molar-refractivity contribution in [2.45, 2.75) is 52.5 Å². The molecule has 2 aromatic heterocycles. The molecule has 4 aromatic rings. The van der Waals surface area contributed by atoms with Crippen molar-refractivity contribution < 1.29 is 13.6 Å². The largest absolute Gasteiger partial charge is 0.352 e. The minimum atomic E-state index is -0.868. The SMILES string of the molecule is CCNC(=O)c1ccc(C)c(-c2nc(N3CCC(N4CCC(C)CC4)CC3)nc3c2ccc(=O)n3-c2c(F)cccc2F)c1. The molecular weight excluding hydrogens is 562 g/mol. The molecule has 0 radical (unpaired) electrons. The number of rotatable bonds is 6. The van der Waals surface area contributed by atoms with Crippen LogP contribution in [0.5, 0.6) is 0 Å². The first kappa shape index (κ1) is 29.9. The smallest absolute Gasteiger partial charge is 0.256 e. The van der Waals surface area contributed by atoms with Crippen LogP contribution in [0.3, 0.4) is 0 Å². The standard InChI is InChI=1S/C34H38F2N6O2/c1-4-37-33(44)23-9-8-22(3)26(20-23)30-25-10-11-29(43)42(31-27(35)6-5-7-28(31)36)32(25)39-34(38-30)41-18-14-24(15-19-41)40-16-12-21(2)13-17-40/h5-11,20-21,24H,4,12-19H2,1-3H3,(H,37,44). The number of carbonyl (C=O) groups is 1. The molecule has 4 heterocycles. The van der Waals surface area contributed by atoms with Crippen LogP contribution < -0.4 is 15.8 Å². The molecule has 0 unspecified atom stereocenters. The summed E-state index contributed by atoms with van der Waals surface area (Å²) < 4.78 is 31.3. The van der Waals surface area contributed by atoms with E-state index < -0.39 is 22.9 Å². The van der Waals surface area contributed by atoms with Gasteiger partial charge in [-0.15, -0.1) is 0 Å². The molecule has 230 valence electrons. The van der Waals surface area contributed by atoms with Crippen LogP contribution in [-0.2, 0) is 0 Å². The number of nitrogens with one attached hydrogen (secondary N) is 1. The van der Waals surface area contributed by atoms with Crippen LogP contribution in [0.15, 0.2) is 53.3 Å². The highest BCUT2D eigenvalue weighted by Crippen LogP contribution is 2.33. The van der Waals surface area contributed by atoms with E-state index in [0.29, 0.717) is 53.8 Å². The van der Waals surface area contributed by atoms with Crippen LogP contribution in [-0.4, -0.2) is 64.1 Å². The maximum Gasteiger partial charge on any atom is 0.256 e. The second-order valence-electron chi connectivity index (χ2n) is 12.0. The Kier molecular flexibility index (Phi) is 8.44. The normalized spacial score (nSPS) is 16.9. The molecule has 2 saturated heterocycles. The van der Waals surface area contributed by atoms with Crippen molar-refractivity contribution in [3.63, 3.8) is 0 Å². The van der Waals surface area contributed by atoms with Crippen LogP contribution in [0.4, 0.5) is 14.7 Å². The number of carbonyl (C=O) groups excluding carboxylic acids is 1. The summed E-state index contributed by atoms with van der Waals surface area (Å²) in [5.41, 5.74) is 1.51. The van der Waals surface area contributed by atoms with Crippen LogP contribution in [0, 0.1) is 24.5 Å². The minimum absolute atomic E-state index is 0.108. The number of pyridine rings is 1. The summed E-state index contributed by atoms with van der Waals surface area (Å²) in [6.45, 7) is 10.2. The molecule has 2 fully saturated rings. The zero-order valence-electron chi connectivity index (χ0n) is 25.4. The molecule has 0 spiro atoms. The molecule has 2 aliphatic rings. The van der Waals surface area contributed by atoms with Crippen molar-refractivity contribution in [1.82, 2.24) is 24.8 Å². The number of nitrogens with zero attached hydrogens (tertiary/aromatic N) is 5.